The topological polar surface area (TPSA) is 83.8 Å². The molecule has 0 unspecified atom stereocenters. The largest absolute Gasteiger partial charge is 0.497 e. The predicted octanol–water partition coefficient (Wildman–Crippen LogP) is 3.40. The number of carbonyl (C=O) groups excluding carboxylic acids is 1. The van der Waals surface area contributed by atoms with Crippen molar-refractivity contribution in [3.8, 4) is 23.3 Å². The van der Waals surface area contributed by atoms with Crippen molar-refractivity contribution in [2.45, 2.75) is 13.1 Å². The second kappa shape index (κ2) is 8.80. The van der Waals surface area contributed by atoms with Crippen LogP contribution in [0.1, 0.15) is 18.7 Å². The van der Waals surface area contributed by atoms with Gasteiger partial charge in [0.25, 0.3) is 5.91 Å². The average Bonchev–Trinajstić information content (AvgIpc) is 2.74. The Morgan fingerprint density at radius 1 is 1.14 bits per heavy atom. The number of nitrogens with zero attached hydrogens (tertiary/aromatic N) is 2. The van der Waals surface area contributed by atoms with Crippen molar-refractivity contribution in [1.82, 2.24) is 5.32 Å². The highest BCUT2D eigenvalue weighted by Crippen LogP contribution is 2.38. The molecule has 0 aliphatic carbocycles. The fourth-order valence-electron chi connectivity index (χ4n) is 3.08. The Hall–Kier alpha value is -3.31. The van der Waals surface area contributed by atoms with Gasteiger partial charge >= 0.3 is 0 Å². The summed E-state index contributed by atoms with van der Waals surface area (Å²) in [7, 11) is 3.14. The average molecular weight is 411 g/mol. The zero-order chi connectivity index (χ0) is 21.0. The number of benzene rings is 2. The SMILES string of the molecule is CCOc1ccc([C@H]2NC(=O)C(C#N)=C(S)N2c2ccc(OC)cc2)cc1OC. The summed E-state index contributed by atoms with van der Waals surface area (Å²) in [6.07, 6.45) is -0.593. The van der Waals surface area contributed by atoms with E-state index in [4.69, 9.17) is 14.2 Å². The molecule has 7 nitrogen and oxygen atoms in total. The predicted molar refractivity (Wildman–Crippen MR) is 112 cm³/mol. The number of ether oxygens (including phenoxy) is 3. The van der Waals surface area contributed by atoms with Crippen molar-refractivity contribution in [1.29, 1.82) is 5.26 Å². The smallest absolute Gasteiger partial charge is 0.266 e. The minimum atomic E-state index is -0.593. The minimum absolute atomic E-state index is 0.0571. The lowest BCUT2D eigenvalue weighted by Gasteiger charge is -2.38. The van der Waals surface area contributed by atoms with E-state index in [1.165, 1.54) is 0 Å². The number of thiol groups is 1. The molecule has 2 aromatic rings. The van der Waals surface area contributed by atoms with Crippen LogP contribution in [-0.4, -0.2) is 26.7 Å². The molecule has 0 spiro atoms. The molecule has 29 heavy (non-hydrogen) atoms. The van der Waals surface area contributed by atoms with E-state index in [9.17, 15) is 10.1 Å². The molecule has 2 aromatic carbocycles. The molecule has 0 saturated heterocycles. The Morgan fingerprint density at radius 3 is 2.45 bits per heavy atom. The monoisotopic (exact) mass is 411 g/mol. The van der Waals surface area contributed by atoms with E-state index < -0.39 is 12.1 Å². The number of methoxy groups -OCH3 is 2. The van der Waals surface area contributed by atoms with Crippen LogP contribution >= 0.6 is 12.6 Å². The third kappa shape index (κ3) is 3.96. The summed E-state index contributed by atoms with van der Waals surface area (Å²) in [5, 5.41) is 12.5. The molecule has 0 saturated carbocycles. The highest BCUT2D eigenvalue weighted by molar-refractivity contribution is 7.84. The number of amides is 1. The van der Waals surface area contributed by atoms with E-state index >= 15 is 0 Å². The second-order valence-electron chi connectivity index (χ2n) is 6.10. The second-order valence-corrected chi connectivity index (χ2v) is 6.52. The van der Waals surface area contributed by atoms with Crippen LogP contribution in [0, 0.1) is 11.3 Å². The Bertz CT molecular complexity index is 982. The van der Waals surface area contributed by atoms with Gasteiger partial charge in [-0.15, -0.1) is 12.6 Å². The minimum Gasteiger partial charge on any atom is -0.497 e. The summed E-state index contributed by atoms with van der Waals surface area (Å²) in [5.41, 5.74) is 1.43. The number of nitriles is 1. The number of carbonyl (C=O) groups is 1. The molecule has 0 bridgehead atoms. The fourth-order valence-corrected chi connectivity index (χ4v) is 3.46. The van der Waals surface area contributed by atoms with Crippen molar-refractivity contribution in [3.63, 3.8) is 0 Å². The van der Waals surface area contributed by atoms with Gasteiger partial charge < -0.3 is 24.4 Å². The molecule has 0 aromatic heterocycles. The van der Waals surface area contributed by atoms with Gasteiger partial charge in [0.15, 0.2) is 11.5 Å². The van der Waals surface area contributed by atoms with Gasteiger partial charge in [-0.3, -0.25) is 4.79 Å². The first kappa shape index (κ1) is 20.4. The fraction of sp³-hybridized carbons (Fsp3) is 0.238. The lowest BCUT2D eigenvalue weighted by molar-refractivity contribution is -0.118. The Balaban J connectivity index is 2.11. The molecule has 0 fully saturated rings. The van der Waals surface area contributed by atoms with E-state index in [0.717, 1.165) is 11.3 Å². The van der Waals surface area contributed by atoms with Gasteiger partial charge in [-0.2, -0.15) is 5.26 Å². The first-order valence-corrected chi connectivity index (χ1v) is 9.37. The summed E-state index contributed by atoms with van der Waals surface area (Å²) < 4.78 is 16.2. The zero-order valence-corrected chi connectivity index (χ0v) is 17.2. The van der Waals surface area contributed by atoms with Crippen LogP contribution in [0.4, 0.5) is 5.69 Å². The van der Waals surface area contributed by atoms with Gasteiger partial charge in [0.05, 0.1) is 25.9 Å². The zero-order valence-electron chi connectivity index (χ0n) is 16.3. The number of rotatable bonds is 6. The molecule has 3 rings (SSSR count). The van der Waals surface area contributed by atoms with Crippen LogP contribution < -0.4 is 24.4 Å². The van der Waals surface area contributed by atoms with Crippen LogP contribution in [0.15, 0.2) is 53.1 Å². The van der Waals surface area contributed by atoms with Crippen LogP contribution in [-0.2, 0) is 4.79 Å². The standard InChI is InChI=1S/C21H21N3O4S/c1-4-28-17-10-5-13(11-18(17)27-3)19-23-20(25)16(12-22)21(29)24(19)14-6-8-15(26-2)9-7-14/h5-11,19,29H,4H2,1-3H3,(H,23,25)/t19-/m0/s1. The highest BCUT2D eigenvalue weighted by Gasteiger charge is 2.34. The molecule has 1 heterocycles. The van der Waals surface area contributed by atoms with E-state index in [0.29, 0.717) is 23.9 Å². The van der Waals surface area contributed by atoms with Crippen molar-refractivity contribution in [2.75, 3.05) is 25.7 Å². The van der Waals surface area contributed by atoms with E-state index in [1.807, 2.05) is 31.2 Å². The molecule has 1 amide bonds. The number of nitrogens with one attached hydrogen (secondary N) is 1. The van der Waals surface area contributed by atoms with Crippen molar-refractivity contribution in [2.24, 2.45) is 0 Å². The molecule has 0 radical (unpaired) electrons. The van der Waals surface area contributed by atoms with E-state index in [1.54, 1.807) is 43.4 Å². The molecule has 1 aliphatic rings. The first-order chi connectivity index (χ1) is 14.0. The summed E-state index contributed by atoms with van der Waals surface area (Å²) in [4.78, 5) is 14.3. The van der Waals surface area contributed by atoms with Gasteiger partial charge in [-0.25, -0.2) is 0 Å². The van der Waals surface area contributed by atoms with Crippen LogP contribution in [0.2, 0.25) is 0 Å². The third-order valence-electron chi connectivity index (χ3n) is 4.47. The summed E-state index contributed by atoms with van der Waals surface area (Å²) in [6, 6.07) is 14.6. The maximum Gasteiger partial charge on any atom is 0.266 e. The molecule has 150 valence electrons. The van der Waals surface area contributed by atoms with Crippen LogP contribution in [0.25, 0.3) is 0 Å². The quantitative estimate of drug-likeness (QED) is 0.709. The lowest BCUT2D eigenvalue weighted by Crippen LogP contribution is -2.46. The molecule has 1 atom stereocenters. The van der Waals surface area contributed by atoms with Crippen LogP contribution in [0.5, 0.6) is 17.2 Å². The Kier molecular flexibility index (Phi) is 6.20. The summed E-state index contributed by atoms with van der Waals surface area (Å²) in [6.45, 7) is 2.39. The maximum atomic E-state index is 12.5. The van der Waals surface area contributed by atoms with E-state index in [2.05, 4.69) is 17.9 Å². The van der Waals surface area contributed by atoms with E-state index in [-0.39, 0.29) is 10.6 Å². The highest BCUT2D eigenvalue weighted by atomic mass is 32.1. The third-order valence-corrected chi connectivity index (χ3v) is 4.91. The lowest BCUT2D eigenvalue weighted by atomic mass is 10.1. The first-order valence-electron chi connectivity index (χ1n) is 8.92. The number of anilines is 1. The van der Waals surface area contributed by atoms with Gasteiger partial charge in [-0.05, 0) is 48.9 Å². The van der Waals surface area contributed by atoms with Crippen LogP contribution in [0.3, 0.4) is 0 Å². The van der Waals surface area contributed by atoms with Gasteiger partial charge in [0.1, 0.15) is 23.6 Å². The molecular formula is C21H21N3O4S. The number of hydrogen-bond acceptors (Lipinski definition) is 7. The van der Waals surface area contributed by atoms with Gasteiger partial charge in [0, 0.05) is 5.69 Å². The van der Waals surface area contributed by atoms with Gasteiger partial charge in [0.2, 0.25) is 0 Å². The summed E-state index contributed by atoms with van der Waals surface area (Å²) in [5.74, 6) is 1.36. The Morgan fingerprint density at radius 2 is 1.86 bits per heavy atom. The Labute approximate surface area is 174 Å². The number of hydrogen-bond donors (Lipinski definition) is 2. The molecule has 1 N–H and O–H groups in total. The molecule has 8 heteroatoms. The van der Waals surface area contributed by atoms with Crippen molar-refractivity contribution < 1.29 is 19.0 Å². The summed E-state index contributed by atoms with van der Waals surface area (Å²) >= 11 is 4.50. The maximum absolute atomic E-state index is 12.5. The normalized spacial score (nSPS) is 16.2. The molecule has 1 aliphatic heterocycles. The van der Waals surface area contributed by atoms with Crippen molar-refractivity contribution in [3.05, 3.63) is 58.6 Å². The van der Waals surface area contributed by atoms with Crippen molar-refractivity contribution >= 4 is 24.2 Å². The van der Waals surface area contributed by atoms with Gasteiger partial charge in [-0.1, -0.05) is 6.07 Å². The molecular weight excluding hydrogens is 390 g/mol.